The first-order valence-electron chi connectivity index (χ1n) is 7.11. The minimum Gasteiger partial charge on any atom is -0.311 e. The van der Waals surface area contributed by atoms with Gasteiger partial charge in [0.05, 0.1) is 0 Å². The Hall–Kier alpha value is -0.380. The summed E-state index contributed by atoms with van der Waals surface area (Å²) in [7, 11) is 0. The Morgan fingerprint density at radius 2 is 2.11 bits per heavy atom. The highest BCUT2D eigenvalue weighted by Gasteiger charge is 2.31. The van der Waals surface area contributed by atoms with Gasteiger partial charge < -0.3 is 5.32 Å². The third kappa shape index (κ3) is 3.80. The van der Waals surface area contributed by atoms with Crippen LogP contribution in [0.4, 0.5) is 0 Å². The normalized spacial score (nSPS) is 23.3. The van der Waals surface area contributed by atoms with E-state index in [2.05, 4.69) is 78.1 Å². The van der Waals surface area contributed by atoms with Gasteiger partial charge in [0.15, 0.2) is 0 Å². The molecule has 2 nitrogen and oxygen atoms in total. The zero-order valence-electron chi connectivity index (χ0n) is 12.4. The van der Waals surface area contributed by atoms with E-state index in [4.69, 9.17) is 0 Å². The van der Waals surface area contributed by atoms with Gasteiger partial charge in [0, 0.05) is 36.2 Å². The molecule has 1 aromatic carbocycles. The van der Waals surface area contributed by atoms with E-state index in [0.29, 0.717) is 17.5 Å². The van der Waals surface area contributed by atoms with E-state index in [0.717, 1.165) is 19.6 Å². The molecule has 106 valence electrons. The molecule has 1 heterocycles. The monoisotopic (exact) mass is 324 g/mol. The summed E-state index contributed by atoms with van der Waals surface area (Å²) in [5, 5.41) is 3.66. The van der Waals surface area contributed by atoms with Crippen molar-refractivity contribution >= 4 is 15.9 Å². The van der Waals surface area contributed by atoms with Gasteiger partial charge >= 0.3 is 0 Å². The van der Waals surface area contributed by atoms with E-state index in [9.17, 15) is 0 Å². The summed E-state index contributed by atoms with van der Waals surface area (Å²) in [6.07, 6.45) is 0. The summed E-state index contributed by atoms with van der Waals surface area (Å²) in [6.45, 7) is 12.6. The van der Waals surface area contributed by atoms with Gasteiger partial charge in [-0.05, 0) is 30.0 Å². The largest absolute Gasteiger partial charge is 0.311 e. The molecule has 19 heavy (non-hydrogen) atoms. The van der Waals surface area contributed by atoms with Crippen LogP contribution in [0.2, 0.25) is 0 Å². The van der Waals surface area contributed by atoms with Gasteiger partial charge in [-0.1, -0.05) is 48.8 Å². The lowest BCUT2D eigenvalue weighted by atomic mass is 9.85. The number of nitrogens with zero attached hydrogens (tertiary/aromatic N) is 1. The van der Waals surface area contributed by atoms with Crippen LogP contribution < -0.4 is 5.32 Å². The van der Waals surface area contributed by atoms with Crippen molar-refractivity contribution in [2.45, 2.75) is 39.8 Å². The van der Waals surface area contributed by atoms with Crippen LogP contribution in [-0.2, 0) is 0 Å². The van der Waals surface area contributed by atoms with Crippen LogP contribution in [0.25, 0.3) is 0 Å². The van der Waals surface area contributed by atoms with E-state index >= 15 is 0 Å². The van der Waals surface area contributed by atoms with Gasteiger partial charge in [0.2, 0.25) is 0 Å². The molecule has 0 spiro atoms. The summed E-state index contributed by atoms with van der Waals surface area (Å²) < 4.78 is 1.17. The Bertz CT molecular complexity index is 425. The van der Waals surface area contributed by atoms with Crippen molar-refractivity contribution in [2.75, 3.05) is 19.6 Å². The molecule has 1 aliphatic rings. The van der Waals surface area contributed by atoms with Crippen LogP contribution in [0.5, 0.6) is 0 Å². The van der Waals surface area contributed by atoms with Crippen molar-refractivity contribution in [3.05, 3.63) is 34.3 Å². The molecule has 0 radical (unpaired) electrons. The predicted molar refractivity (Wildman–Crippen MR) is 85.4 cm³/mol. The van der Waals surface area contributed by atoms with E-state index < -0.39 is 0 Å². The molecule has 0 aliphatic carbocycles. The van der Waals surface area contributed by atoms with Crippen LogP contribution in [0.1, 0.15) is 39.3 Å². The first kappa shape index (κ1) is 15.0. The number of hydrogen-bond donors (Lipinski definition) is 1. The van der Waals surface area contributed by atoms with Crippen LogP contribution in [0, 0.1) is 5.41 Å². The third-order valence-electron chi connectivity index (χ3n) is 4.13. The predicted octanol–water partition coefficient (Wildman–Crippen LogP) is 3.83. The molecule has 1 fully saturated rings. The summed E-state index contributed by atoms with van der Waals surface area (Å²) >= 11 is 3.57. The molecule has 1 N–H and O–H groups in total. The number of halogens is 1. The number of benzene rings is 1. The second-order valence-electron chi connectivity index (χ2n) is 6.60. The molecule has 0 amide bonds. The molecular weight excluding hydrogens is 300 g/mol. The maximum Gasteiger partial charge on any atom is 0.0321 e. The second kappa shape index (κ2) is 5.94. The van der Waals surface area contributed by atoms with Crippen molar-refractivity contribution in [3.8, 4) is 0 Å². The molecule has 2 unspecified atom stereocenters. The Morgan fingerprint density at radius 3 is 2.74 bits per heavy atom. The van der Waals surface area contributed by atoms with Gasteiger partial charge in [0.1, 0.15) is 0 Å². The van der Waals surface area contributed by atoms with Crippen LogP contribution in [-0.4, -0.2) is 30.6 Å². The maximum atomic E-state index is 3.66. The Morgan fingerprint density at radius 1 is 1.37 bits per heavy atom. The van der Waals surface area contributed by atoms with Crippen LogP contribution >= 0.6 is 15.9 Å². The van der Waals surface area contributed by atoms with Crippen molar-refractivity contribution < 1.29 is 0 Å². The van der Waals surface area contributed by atoms with Gasteiger partial charge in [-0.3, -0.25) is 4.90 Å². The van der Waals surface area contributed by atoms with Gasteiger partial charge in [-0.2, -0.15) is 0 Å². The number of piperazine rings is 1. The minimum atomic E-state index is 0.315. The zero-order chi connectivity index (χ0) is 14.0. The molecule has 1 aliphatic heterocycles. The van der Waals surface area contributed by atoms with Crippen LogP contribution in [0.15, 0.2) is 28.7 Å². The smallest absolute Gasteiger partial charge is 0.0321 e. The topological polar surface area (TPSA) is 15.3 Å². The molecule has 2 atom stereocenters. The molecule has 0 saturated carbocycles. The average Bonchev–Trinajstić information content (AvgIpc) is 2.37. The SMILES string of the molecule is CC(c1cccc(Br)c1)N1CCNC(C(C)(C)C)C1. The lowest BCUT2D eigenvalue weighted by Crippen LogP contribution is -2.56. The van der Waals surface area contributed by atoms with Crippen molar-refractivity contribution in [3.63, 3.8) is 0 Å². The highest BCUT2D eigenvalue weighted by atomic mass is 79.9. The minimum absolute atomic E-state index is 0.315. The number of rotatable bonds is 2. The van der Waals surface area contributed by atoms with Gasteiger partial charge in [0.25, 0.3) is 0 Å². The Balaban J connectivity index is 2.09. The fraction of sp³-hybridized carbons (Fsp3) is 0.625. The summed E-state index contributed by atoms with van der Waals surface area (Å²) in [6, 6.07) is 9.72. The van der Waals surface area contributed by atoms with Crippen molar-refractivity contribution in [1.29, 1.82) is 0 Å². The quantitative estimate of drug-likeness (QED) is 0.889. The highest BCUT2D eigenvalue weighted by Crippen LogP contribution is 2.28. The van der Waals surface area contributed by atoms with Crippen molar-refractivity contribution in [2.24, 2.45) is 5.41 Å². The molecule has 2 rings (SSSR count). The fourth-order valence-electron chi connectivity index (χ4n) is 2.68. The standard InChI is InChI=1S/C16H25BrN2/c1-12(13-6-5-7-14(17)10-13)19-9-8-18-15(11-19)16(2,3)4/h5-7,10,12,15,18H,8-9,11H2,1-4H3. The van der Waals surface area contributed by atoms with E-state index in [1.807, 2.05) is 0 Å². The maximum absolute atomic E-state index is 3.66. The molecule has 0 bridgehead atoms. The molecule has 0 aromatic heterocycles. The molecule has 1 saturated heterocycles. The third-order valence-corrected chi connectivity index (χ3v) is 4.62. The molecule has 1 aromatic rings. The molecule has 3 heteroatoms. The lowest BCUT2D eigenvalue weighted by molar-refractivity contribution is 0.104. The van der Waals surface area contributed by atoms with E-state index in [1.54, 1.807) is 0 Å². The Labute approximate surface area is 125 Å². The fourth-order valence-corrected chi connectivity index (χ4v) is 3.10. The lowest BCUT2D eigenvalue weighted by Gasteiger charge is -2.43. The highest BCUT2D eigenvalue weighted by molar-refractivity contribution is 9.10. The summed E-state index contributed by atoms with van der Waals surface area (Å²) in [5.74, 6) is 0. The van der Waals surface area contributed by atoms with Gasteiger partial charge in [-0.15, -0.1) is 0 Å². The van der Waals surface area contributed by atoms with E-state index in [1.165, 1.54) is 10.0 Å². The zero-order valence-corrected chi connectivity index (χ0v) is 14.0. The Kier molecular flexibility index (Phi) is 4.70. The summed E-state index contributed by atoms with van der Waals surface area (Å²) in [4.78, 5) is 2.59. The number of hydrogen-bond acceptors (Lipinski definition) is 2. The summed E-state index contributed by atoms with van der Waals surface area (Å²) in [5.41, 5.74) is 1.71. The van der Waals surface area contributed by atoms with Gasteiger partial charge in [-0.25, -0.2) is 0 Å². The van der Waals surface area contributed by atoms with Crippen molar-refractivity contribution in [1.82, 2.24) is 10.2 Å². The van der Waals surface area contributed by atoms with E-state index in [-0.39, 0.29) is 0 Å². The first-order chi connectivity index (χ1) is 8.88. The molecular formula is C16H25BrN2. The first-order valence-corrected chi connectivity index (χ1v) is 7.90. The second-order valence-corrected chi connectivity index (χ2v) is 7.51. The van der Waals surface area contributed by atoms with Crippen LogP contribution in [0.3, 0.4) is 0 Å². The number of nitrogens with one attached hydrogen (secondary N) is 1. The average molecular weight is 325 g/mol.